The number of nitrogens with zero attached hydrogens (tertiary/aromatic N) is 1. The van der Waals surface area contributed by atoms with Crippen LogP contribution in [0.2, 0.25) is 0 Å². The van der Waals surface area contributed by atoms with E-state index >= 15 is 0 Å². The summed E-state index contributed by atoms with van der Waals surface area (Å²) in [4.78, 5) is 15.4. The minimum Gasteiger partial charge on any atom is -0.378 e. The fraction of sp³-hybridized carbons (Fsp3) is 0.706. The van der Waals surface area contributed by atoms with E-state index in [0.717, 1.165) is 30.7 Å². The zero-order valence-electron chi connectivity index (χ0n) is 13.4. The SMILES string of the molecule is CC(C)OC[C@H]1CCC[C@]12CN(C(=O)c1cccs1)CCO2. The van der Waals surface area contributed by atoms with Crippen molar-refractivity contribution >= 4 is 17.2 Å². The van der Waals surface area contributed by atoms with Gasteiger partial charge in [0, 0.05) is 12.5 Å². The van der Waals surface area contributed by atoms with E-state index in [1.807, 2.05) is 22.4 Å². The Morgan fingerprint density at radius 1 is 1.59 bits per heavy atom. The highest BCUT2D eigenvalue weighted by Crippen LogP contribution is 2.41. The molecule has 0 N–H and O–H groups in total. The fourth-order valence-corrected chi connectivity index (χ4v) is 4.28. The van der Waals surface area contributed by atoms with Crippen LogP contribution in [0, 0.1) is 5.92 Å². The Labute approximate surface area is 136 Å². The van der Waals surface area contributed by atoms with Crippen molar-refractivity contribution in [2.24, 2.45) is 5.92 Å². The van der Waals surface area contributed by atoms with Crippen LogP contribution in [0.3, 0.4) is 0 Å². The lowest BCUT2D eigenvalue weighted by Gasteiger charge is -2.44. The van der Waals surface area contributed by atoms with Gasteiger partial charge in [0.15, 0.2) is 0 Å². The molecule has 2 aliphatic rings. The Kier molecular flexibility index (Phi) is 4.85. The lowest BCUT2D eigenvalue weighted by atomic mass is 9.89. The minimum atomic E-state index is -0.194. The van der Waals surface area contributed by atoms with Crippen LogP contribution in [-0.2, 0) is 9.47 Å². The number of carbonyl (C=O) groups is 1. The molecule has 2 heterocycles. The Bertz CT molecular complexity index is 502. The molecule has 1 saturated carbocycles. The summed E-state index contributed by atoms with van der Waals surface area (Å²) >= 11 is 1.51. The first-order valence-electron chi connectivity index (χ1n) is 8.19. The number of hydrogen-bond donors (Lipinski definition) is 0. The van der Waals surface area contributed by atoms with Crippen molar-refractivity contribution in [3.63, 3.8) is 0 Å². The highest BCUT2D eigenvalue weighted by molar-refractivity contribution is 7.12. The number of rotatable bonds is 4. The molecular weight excluding hydrogens is 298 g/mol. The van der Waals surface area contributed by atoms with Crippen molar-refractivity contribution in [2.75, 3.05) is 26.3 Å². The van der Waals surface area contributed by atoms with Crippen LogP contribution >= 0.6 is 11.3 Å². The molecule has 22 heavy (non-hydrogen) atoms. The number of morpholine rings is 1. The van der Waals surface area contributed by atoms with E-state index in [1.165, 1.54) is 11.3 Å². The normalized spacial score (nSPS) is 28.7. The van der Waals surface area contributed by atoms with Crippen LogP contribution in [0.4, 0.5) is 0 Å². The first-order chi connectivity index (χ1) is 10.6. The zero-order valence-corrected chi connectivity index (χ0v) is 14.2. The number of carbonyl (C=O) groups excluding carboxylic acids is 1. The van der Waals surface area contributed by atoms with Gasteiger partial charge in [0.05, 0.1) is 36.3 Å². The molecule has 1 aliphatic heterocycles. The van der Waals surface area contributed by atoms with Gasteiger partial charge in [0.2, 0.25) is 0 Å². The largest absolute Gasteiger partial charge is 0.378 e. The van der Waals surface area contributed by atoms with Crippen LogP contribution < -0.4 is 0 Å². The van der Waals surface area contributed by atoms with Gasteiger partial charge in [-0.1, -0.05) is 12.5 Å². The summed E-state index contributed by atoms with van der Waals surface area (Å²) in [5.74, 6) is 0.543. The summed E-state index contributed by atoms with van der Waals surface area (Å²) in [5, 5.41) is 1.96. The standard InChI is InChI=1S/C17H25NO3S/c1-13(2)20-11-14-5-3-7-17(14)12-18(8-9-21-17)16(19)15-6-4-10-22-15/h4,6,10,13-14H,3,5,7-9,11-12H2,1-2H3/t14-,17+/m1/s1. The summed E-state index contributed by atoms with van der Waals surface area (Å²) in [6, 6.07) is 3.84. The first-order valence-corrected chi connectivity index (χ1v) is 9.07. The second-order valence-electron chi connectivity index (χ2n) is 6.59. The molecule has 2 fully saturated rings. The molecule has 0 aromatic carbocycles. The number of thiophene rings is 1. The summed E-state index contributed by atoms with van der Waals surface area (Å²) in [6.45, 7) is 6.89. The highest BCUT2D eigenvalue weighted by Gasteiger charge is 2.48. The van der Waals surface area contributed by atoms with Gasteiger partial charge >= 0.3 is 0 Å². The molecule has 2 atom stereocenters. The van der Waals surface area contributed by atoms with Gasteiger partial charge in [0.25, 0.3) is 5.91 Å². The van der Waals surface area contributed by atoms with Crippen LogP contribution in [0.25, 0.3) is 0 Å². The van der Waals surface area contributed by atoms with Gasteiger partial charge in [-0.3, -0.25) is 4.79 Å². The Balaban J connectivity index is 1.69. The average molecular weight is 323 g/mol. The molecule has 0 unspecified atom stereocenters. The van der Waals surface area contributed by atoms with Gasteiger partial charge in [-0.2, -0.15) is 0 Å². The van der Waals surface area contributed by atoms with E-state index in [4.69, 9.17) is 9.47 Å². The van der Waals surface area contributed by atoms with Crippen molar-refractivity contribution < 1.29 is 14.3 Å². The molecule has 122 valence electrons. The predicted molar refractivity (Wildman–Crippen MR) is 87.3 cm³/mol. The number of amides is 1. The minimum absolute atomic E-state index is 0.146. The van der Waals surface area contributed by atoms with Crippen molar-refractivity contribution in [1.82, 2.24) is 4.90 Å². The van der Waals surface area contributed by atoms with Gasteiger partial charge in [-0.15, -0.1) is 11.3 Å². The molecular formula is C17H25NO3S. The highest BCUT2D eigenvalue weighted by atomic mass is 32.1. The van der Waals surface area contributed by atoms with Crippen LogP contribution in [-0.4, -0.2) is 48.8 Å². The third kappa shape index (κ3) is 3.21. The summed E-state index contributed by atoms with van der Waals surface area (Å²) in [5.41, 5.74) is -0.194. The van der Waals surface area contributed by atoms with Crippen molar-refractivity contribution in [3.8, 4) is 0 Å². The van der Waals surface area contributed by atoms with Gasteiger partial charge < -0.3 is 14.4 Å². The molecule has 1 amide bonds. The maximum atomic E-state index is 12.6. The molecule has 1 aromatic heterocycles. The molecule has 4 nitrogen and oxygen atoms in total. The molecule has 1 aliphatic carbocycles. The smallest absolute Gasteiger partial charge is 0.264 e. The Morgan fingerprint density at radius 3 is 3.18 bits per heavy atom. The predicted octanol–water partition coefficient (Wildman–Crippen LogP) is 3.18. The summed E-state index contributed by atoms with van der Waals surface area (Å²) in [7, 11) is 0. The van der Waals surface area contributed by atoms with E-state index in [0.29, 0.717) is 25.6 Å². The molecule has 1 spiro atoms. The average Bonchev–Trinajstić information content (AvgIpc) is 3.15. The molecule has 0 bridgehead atoms. The molecule has 1 aromatic rings. The van der Waals surface area contributed by atoms with Crippen molar-refractivity contribution in [1.29, 1.82) is 0 Å². The third-order valence-electron chi connectivity index (χ3n) is 4.76. The first kappa shape index (κ1) is 16.0. The van der Waals surface area contributed by atoms with Gasteiger partial charge in [0.1, 0.15) is 0 Å². The van der Waals surface area contributed by atoms with Crippen LogP contribution in [0.15, 0.2) is 17.5 Å². The van der Waals surface area contributed by atoms with Crippen molar-refractivity contribution in [2.45, 2.75) is 44.8 Å². The summed E-state index contributed by atoms with van der Waals surface area (Å²) in [6.07, 6.45) is 3.57. The van der Waals surface area contributed by atoms with Gasteiger partial charge in [-0.05, 0) is 38.1 Å². The second-order valence-corrected chi connectivity index (χ2v) is 7.54. The van der Waals surface area contributed by atoms with Crippen LogP contribution in [0.5, 0.6) is 0 Å². The second kappa shape index (κ2) is 6.69. The van der Waals surface area contributed by atoms with E-state index in [9.17, 15) is 4.79 Å². The third-order valence-corrected chi connectivity index (χ3v) is 5.61. The summed E-state index contributed by atoms with van der Waals surface area (Å²) < 4.78 is 12.0. The van der Waals surface area contributed by atoms with E-state index in [1.54, 1.807) is 0 Å². The Hall–Kier alpha value is -0.910. The van der Waals surface area contributed by atoms with E-state index in [2.05, 4.69) is 13.8 Å². The zero-order chi connectivity index (χ0) is 15.6. The van der Waals surface area contributed by atoms with E-state index < -0.39 is 0 Å². The molecule has 5 heteroatoms. The topological polar surface area (TPSA) is 38.8 Å². The Morgan fingerprint density at radius 2 is 2.45 bits per heavy atom. The lowest BCUT2D eigenvalue weighted by Crippen LogP contribution is -2.56. The maximum Gasteiger partial charge on any atom is 0.264 e. The van der Waals surface area contributed by atoms with Crippen molar-refractivity contribution in [3.05, 3.63) is 22.4 Å². The lowest BCUT2D eigenvalue weighted by molar-refractivity contribution is -0.136. The number of hydrogen-bond acceptors (Lipinski definition) is 4. The molecule has 1 saturated heterocycles. The fourth-order valence-electron chi connectivity index (χ4n) is 3.59. The number of ether oxygens (including phenoxy) is 2. The molecule has 0 radical (unpaired) electrons. The van der Waals surface area contributed by atoms with Gasteiger partial charge in [-0.25, -0.2) is 0 Å². The van der Waals surface area contributed by atoms with E-state index in [-0.39, 0.29) is 17.6 Å². The van der Waals surface area contributed by atoms with Crippen LogP contribution in [0.1, 0.15) is 42.8 Å². The molecule has 3 rings (SSSR count). The quantitative estimate of drug-likeness (QED) is 0.854. The monoisotopic (exact) mass is 323 g/mol. The maximum absolute atomic E-state index is 12.6.